The van der Waals surface area contributed by atoms with Crippen molar-refractivity contribution < 1.29 is 14.3 Å². The van der Waals surface area contributed by atoms with E-state index in [4.69, 9.17) is 10.5 Å². The molecular formula is C18H17N3O3. The third-order valence-corrected chi connectivity index (χ3v) is 4.17. The zero-order valence-corrected chi connectivity index (χ0v) is 13.3. The van der Waals surface area contributed by atoms with Crippen LogP contribution in [0.4, 0.5) is 5.69 Å². The molecule has 1 amide bonds. The largest absolute Gasteiger partial charge is 0.444 e. The molecule has 0 radical (unpaired) electrons. The molecule has 1 aromatic carbocycles. The number of nitrogens with two attached hydrogens (primary N) is 1. The summed E-state index contributed by atoms with van der Waals surface area (Å²) in [5.74, 6) is -0.0611. The van der Waals surface area contributed by atoms with Gasteiger partial charge in [-0.3, -0.25) is 9.59 Å². The van der Waals surface area contributed by atoms with Crippen LogP contribution in [-0.2, 0) is 14.3 Å². The second kappa shape index (κ2) is 6.20. The Hall–Kier alpha value is -3.07. The van der Waals surface area contributed by atoms with Gasteiger partial charge in [-0.2, -0.15) is 5.26 Å². The molecule has 1 aliphatic heterocycles. The van der Waals surface area contributed by atoms with Crippen LogP contribution >= 0.6 is 0 Å². The van der Waals surface area contributed by atoms with Gasteiger partial charge in [0.1, 0.15) is 17.4 Å². The first-order valence-electron chi connectivity index (χ1n) is 7.72. The van der Waals surface area contributed by atoms with E-state index < -0.39 is 5.92 Å². The summed E-state index contributed by atoms with van der Waals surface area (Å²) in [5, 5.41) is 12.2. The van der Waals surface area contributed by atoms with Gasteiger partial charge < -0.3 is 15.8 Å². The number of allylic oxidation sites excluding steroid dienone is 3. The third-order valence-electron chi connectivity index (χ3n) is 4.17. The summed E-state index contributed by atoms with van der Waals surface area (Å²) in [6.45, 7) is 1.43. The van der Waals surface area contributed by atoms with E-state index in [2.05, 4.69) is 11.4 Å². The fourth-order valence-corrected chi connectivity index (χ4v) is 3.15. The molecule has 24 heavy (non-hydrogen) atoms. The maximum atomic E-state index is 12.4. The van der Waals surface area contributed by atoms with Gasteiger partial charge in [0, 0.05) is 31.0 Å². The summed E-state index contributed by atoms with van der Waals surface area (Å²) in [6, 6.07) is 9.14. The Kier molecular flexibility index (Phi) is 4.09. The van der Waals surface area contributed by atoms with Crippen molar-refractivity contribution >= 4 is 17.4 Å². The number of hydrogen-bond acceptors (Lipinski definition) is 5. The van der Waals surface area contributed by atoms with Crippen LogP contribution in [0.15, 0.2) is 47.1 Å². The standard InChI is InChI=1S/C18H17N3O3/c1-10(22)21-12-7-5-11(6-8-12)16-13(9-19)18(20)24-15-4-2-3-14(23)17(15)16/h5-8,16H,2-4,20H2,1H3,(H,21,22). The van der Waals surface area contributed by atoms with Crippen molar-refractivity contribution in [3.8, 4) is 6.07 Å². The maximum absolute atomic E-state index is 12.4. The number of nitrogens with zero attached hydrogens (tertiary/aromatic N) is 1. The highest BCUT2D eigenvalue weighted by Gasteiger charge is 2.37. The average Bonchev–Trinajstić information content (AvgIpc) is 2.54. The molecule has 0 saturated heterocycles. The van der Waals surface area contributed by atoms with E-state index in [0.717, 1.165) is 12.0 Å². The summed E-state index contributed by atoms with van der Waals surface area (Å²) in [6.07, 6.45) is 1.81. The molecule has 0 aromatic heterocycles. The molecule has 6 heteroatoms. The molecule has 3 rings (SSSR count). The van der Waals surface area contributed by atoms with Gasteiger partial charge in [-0.25, -0.2) is 0 Å². The van der Waals surface area contributed by atoms with Crippen LogP contribution in [-0.4, -0.2) is 11.7 Å². The summed E-state index contributed by atoms with van der Waals surface area (Å²) in [4.78, 5) is 23.6. The van der Waals surface area contributed by atoms with Gasteiger partial charge in [-0.1, -0.05) is 12.1 Å². The number of carbonyl (C=O) groups excluding carboxylic acids is 2. The number of carbonyl (C=O) groups is 2. The monoisotopic (exact) mass is 323 g/mol. The van der Waals surface area contributed by atoms with Crippen molar-refractivity contribution in [2.24, 2.45) is 5.73 Å². The van der Waals surface area contributed by atoms with E-state index in [1.807, 2.05) is 0 Å². The summed E-state index contributed by atoms with van der Waals surface area (Å²) >= 11 is 0. The highest BCUT2D eigenvalue weighted by Crippen LogP contribution is 2.43. The van der Waals surface area contributed by atoms with E-state index in [-0.39, 0.29) is 23.1 Å². The SMILES string of the molecule is CC(=O)Nc1ccc(C2C(C#N)=C(N)OC3=C2C(=O)CCC3)cc1. The molecule has 0 fully saturated rings. The molecule has 3 N–H and O–H groups in total. The minimum absolute atomic E-state index is 0.00700. The highest BCUT2D eigenvalue weighted by atomic mass is 16.5. The Bertz CT molecular complexity index is 813. The highest BCUT2D eigenvalue weighted by molar-refractivity contribution is 5.99. The number of rotatable bonds is 2. The van der Waals surface area contributed by atoms with Crippen molar-refractivity contribution in [3.05, 3.63) is 52.6 Å². The molecular weight excluding hydrogens is 306 g/mol. The number of anilines is 1. The van der Waals surface area contributed by atoms with Crippen LogP contribution in [0.1, 0.15) is 37.7 Å². The van der Waals surface area contributed by atoms with E-state index in [1.165, 1.54) is 6.92 Å². The lowest BCUT2D eigenvalue weighted by Crippen LogP contribution is -2.27. The van der Waals surface area contributed by atoms with E-state index in [1.54, 1.807) is 24.3 Å². The summed E-state index contributed by atoms with van der Waals surface area (Å²) < 4.78 is 5.53. The van der Waals surface area contributed by atoms with Crippen LogP contribution in [0.2, 0.25) is 0 Å². The Morgan fingerprint density at radius 3 is 2.67 bits per heavy atom. The number of amides is 1. The smallest absolute Gasteiger partial charge is 0.221 e. The molecule has 6 nitrogen and oxygen atoms in total. The molecule has 122 valence electrons. The zero-order chi connectivity index (χ0) is 17.3. The van der Waals surface area contributed by atoms with Crippen molar-refractivity contribution in [2.75, 3.05) is 5.32 Å². The van der Waals surface area contributed by atoms with Gasteiger partial charge in [0.25, 0.3) is 0 Å². The number of ketones is 1. The second-order valence-corrected chi connectivity index (χ2v) is 5.84. The van der Waals surface area contributed by atoms with Crippen LogP contribution in [0.25, 0.3) is 0 Å². The fraction of sp³-hybridized carbons (Fsp3) is 0.278. The second-order valence-electron chi connectivity index (χ2n) is 5.84. The lowest BCUT2D eigenvalue weighted by molar-refractivity contribution is -0.117. The van der Waals surface area contributed by atoms with Crippen molar-refractivity contribution in [1.82, 2.24) is 0 Å². The summed E-state index contributed by atoms with van der Waals surface area (Å²) in [7, 11) is 0. The minimum Gasteiger partial charge on any atom is -0.444 e. The number of Topliss-reactive ketones (excluding diaryl/α,β-unsaturated/α-hetero) is 1. The summed E-state index contributed by atoms with van der Waals surface area (Å²) in [5.41, 5.74) is 8.10. The van der Waals surface area contributed by atoms with Crippen molar-refractivity contribution in [1.29, 1.82) is 5.26 Å². The molecule has 0 bridgehead atoms. The Morgan fingerprint density at radius 1 is 1.33 bits per heavy atom. The van der Waals surface area contributed by atoms with Crippen LogP contribution in [0.3, 0.4) is 0 Å². The Morgan fingerprint density at radius 2 is 2.04 bits per heavy atom. The maximum Gasteiger partial charge on any atom is 0.221 e. The van der Waals surface area contributed by atoms with E-state index >= 15 is 0 Å². The van der Waals surface area contributed by atoms with Gasteiger partial charge in [-0.05, 0) is 24.1 Å². The first-order chi connectivity index (χ1) is 11.5. The molecule has 2 aliphatic rings. The van der Waals surface area contributed by atoms with Gasteiger partial charge in [-0.15, -0.1) is 0 Å². The first kappa shape index (κ1) is 15.8. The Labute approximate surface area is 139 Å². The van der Waals surface area contributed by atoms with Crippen LogP contribution < -0.4 is 11.1 Å². The number of benzene rings is 1. The topological polar surface area (TPSA) is 105 Å². The zero-order valence-electron chi connectivity index (χ0n) is 13.3. The molecule has 1 aliphatic carbocycles. The lowest BCUT2D eigenvalue weighted by atomic mass is 9.77. The van der Waals surface area contributed by atoms with Gasteiger partial charge in [0.05, 0.1) is 5.92 Å². The van der Waals surface area contributed by atoms with Gasteiger partial charge >= 0.3 is 0 Å². The molecule has 1 unspecified atom stereocenters. The van der Waals surface area contributed by atoms with Gasteiger partial charge in [0.15, 0.2) is 5.78 Å². The number of ether oxygens (including phenoxy) is 1. The van der Waals surface area contributed by atoms with E-state index in [9.17, 15) is 14.9 Å². The quantitative estimate of drug-likeness (QED) is 0.869. The number of nitrogens with one attached hydrogen (secondary N) is 1. The predicted octanol–water partition coefficient (Wildman–Crippen LogP) is 2.46. The molecule has 0 saturated carbocycles. The number of nitriles is 1. The van der Waals surface area contributed by atoms with Crippen molar-refractivity contribution in [3.63, 3.8) is 0 Å². The molecule has 1 atom stereocenters. The first-order valence-corrected chi connectivity index (χ1v) is 7.72. The van der Waals surface area contributed by atoms with Gasteiger partial charge in [0.2, 0.25) is 11.8 Å². The molecule has 0 spiro atoms. The minimum atomic E-state index is -0.516. The Balaban J connectivity index is 2.05. The lowest BCUT2D eigenvalue weighted by Gasteiger charge is -2.31. The number of hydrogen-bond donors (Lipinski definition) is 2. The van der Waals surface area contributed by atoms with Crippen molar-refractivity contribution in [2.45, 2.75) is 32.1 Å². The molecule has 1 aromatic rings. The third kappa shape index (κ3) is 2.76. The predicted molar refractivity (Wildman–Crippen MR) is 87.3 cm³/mol. The van der Waals surface area contributed by atoms with Crippen LogP contribution in [0, 0.1) is 11.3 Å². The average molecular weight is 323 g/mol. The molecule has 1 heterocycles. The normalized spacial score (nSPS) is 20.2. The van der Waals surface area contributed by atoms with Crippen LogP contribution in [0.5, 0.6) is 0 Å². The fourth-order valence-electron chi connectivity index (χ4n) is 3.15. The van der Waals surface area contributed by atoms with E-state index in [0.29, 0.717) is 29.9 Å².